The predicted octanol–water partition coefficient (Wildman–Crippen LogP) is 4.57. The topological polar surface area (TPSA) is 54.5 Å². The van der Waals surface area contributed by atoms with E-state index in [-0.39, 0.29) is 17.2 Å². The van der Waals surface area contributed by atoms with Crippen molar-refractivity contribution < 1.29 is 26.3 Å². The number of rotatable bonds is 2. The molecule has 0 amide bonds. The zero-order chi connectivity index (χ0) is 18.2. The third kappa shape index (κ3) is 3.62. The molecule has 3 rings (SSSR count). The summed E-state index contributed by atoms with van der Waals surface area (Å²) >= 11 is 0. The molecule has 0 aliphatic heterocycles. The van der Waals surface area contributed by atoms with Crippen LogP contribution >= 0.6 is 0 Å². The summed E-state index contributed by atoms with van der Waals surface area (Å²) in [5, 5.41) is 5.22. The van der Waals surface area contributed by atoms with Crippen molar-refractivity contribution in [1.82, 2.24) is 20.2 Å². The highest BCUT2D eigenvalue weighted by Gasteiger charge is 2.36. The van der Waals surface area contributed by atoms with E-state index in [0.29, 0.717) is 5.56 Å². The van der Waals surface area contributed by atoms with Gasteiger partial charge in [-0.3, -0.25) is 5.10 Å². The summed E-state index contributed by atoms with van der Waals surface area (Å²) in [4.78, 5) is 7.45. The largest absolute Gasteiger partial charge is 0.453 e. The molecular weight excluding hydrogens is 350 g/mol. The van der Waals surface area contributed by atoms with Crippen LogP contribution in [0.1, 0.15) is 11.4 Å². The number of halogens is 6. The van der Waals surface area contributed by atoms with E-state index in [1.54, 1.807) is 0 Å². The smallest absolute Gasteiger partial charge is 0.257 e. The lowest BCUT2D eigenvalue weighted by Crippen LogP contribution is -2.07. The van der Waals surface area contributed by atoms with Crippen LogP contribution in [0, 0.1) is 0 Å². The molecule has 3 aromatic rings. The Morgan fingerprint density at radius 3 is 1.92 bits per heavy atom. The third-order valence-electron chi connectivity index (χ3n) is 3.24. The number of aromatic nitrogens is 4. The van der Waals surface area contributed by atoms with Gasteiger partial charge in [0.05, 0.1) is 11.3 Å². The van der Waals surface area contributed by atoms with Crippen LogP contribution in [0.2, 0.25) is 0 Å². The molecule has 0 radical (unpaired) electrons. The summed E-state index contributed by atoms with van der Waals surface area (Å²) in [7, 11) is 0. The van der Waals surface area contributed by atoms with Crippen molar-refractivity contribution in [3.8, 4) is 22.8 Å². The van der Waals surface area contributed by atoms with E-state index in [9.17, 15) is 26.3 Å². The van der Waals surface area contributed by atoms with Gasteiger partial charge >= 0.3 is 12.4 Å². The van der Waals surface area contributed by atoms with E-state index in [0.717, 1.165) is 12.1 Å². The lowest BCUT2D eigenvalue weighted by atomic mass is 10.1. The van der Waals surface area contributed by atoms with Crippen LogP contribution < -0.4 is 0 Å². The number of aromatic amines is 1. The monoisotopic (exact) mass is 358 g/mol. The number of benzene rings is 1. The van der Waals surface area contributed by atoms with Crippen molar-refractivity contribution in [2.45, 2.75) is 12.4 Å². The molecule has 0 saturated heterocycles. The summed E-state index contributed by atoms with van der Waals surface area (Å²) < 4.78 is 75.4. The standard InChI is InChI=1S/C15H8F6N4/c16-14(17,18)9-6-4-8(5-7-9)10-2-1-3-11(22-10)12-23-13(25-24-12)15(19,20)21/h1-7H,(H,23,24,25). The highest BCUT2D eigenvalue weighted by atomic mass is 19.4. The summed E-state index contributed by atoms with van der Waals surface area (Å²) in [6, 6.07) is 8.71. The third-order valence-corrected chi connectivity index (χ3v) is 3.24. The van der Waals surface area contributed by atoms with E-state index in [2.05, 4.69) is 20.2 Å². The molecule has 1 aromatic carbocycles. The van der Waals surface area contributed by atoms with Crippen LogP contribution in [-0.2, 0) is 12.4 Å². The summed E-state index contributed by atoms with van der Waals surface area (Å²) in [5.41, 5.74) is -0.0561. The Labute approximate surface area is 136 Å². The molecule has 0 bridgehead atoms. The minimum absolute atomic E-state index is 0.0837. The molecule has 2 aromatic heterocycles. The molecule has 1 N–H and O–H groups in total. The van der Waals surface area contributed by atoms with Crippen molar-refractivity contribution in [3.63, 3.8) is 0 Å². The second-order valence-electron chi connectivity index (χ2n) is 4.99. The molecule has 0 atom stereocenters. The maximum absolute atomic E-state index is 12.6. The second-order valence-corrected chi connectivity index (χ2v) is 4.99. The number of pyridine rings is 1. The molecule has 10 heteroatoms. The minimum Gasteiger partial charge on any atom is -0.257 e. The van der Waals surface area contributed by atoms with Gasteiger partial charge in [-0.25, -0.2) is 9.97 Å². The van der Waals surface area contributed by atoms with E-state index in [1.165, 1.54) is 30.3 Å². The maximum Gasteiger partial charge on any atom is 0.453 e. The molecule has 25 heavy (non-hydrogen) atoms. The second kappa shape index (κ2) is 5.87. The number of H-pyrrole nitrogens is 1. The van der Waals surface area contributed by atoms with Gasteiger partial charge in [-0.2, -0.15) is 26.3 Å². The van der Waals surface area contributed by atoms with Crippen LogP contribution in [0.4, 0.5) is 26.3 Å². The molecule has 0 saturated carbocycles. The first-order valence-electron chi connectivity index (χ1n) is 6.79. The van der Waals surface area contributed by atoms with Crippen molar-refractivity contribution in [2.75, 3.05) is 0 Å². The zero-order valence-electron chi connectivity index (χ0n) is 12.2. The van der Waals surface area contributed by atoms with Crippen molar-refractivity contribution in [2.24, 2.45) is 0 Å². The van der Waals surface area contributed by atoms with E-state index < -0.39 is 23.7 Å². The molecule has 0 aliphatic rings. The van der Waals surface area contributed by atoms with Gasteiger partial charge in [0.1, 0.15) is 5.69 Å². The number of hydrogen-bond donors (Lipinski definition) is 1. The molecular formula is C15H8F6N4. The number of alkyl halides is 6. The Balaban J connectivity index is 1.93. The van der Waals surface area contributed by atoms with Gasteiger partial charge in [0.25, 0.3) is 5.82 Å². The zero-order valence-corrected chi connectivity index (χ0v) is 12.2. The van der Waals surface area contributed by atoms with Crippen molar-refractivity contribution in [1.29, 1.82) is 0 Å². The van der Waals surface area contributed by atoms with E-state index >= 15 is 0 Å². The fourth-order valence-corrected chi connectivity index (χ4v) is 2.06. The van der Waals surface area contributed by atoms with Gasteiger partial charge in [-0.05, 0) is 24.3 Å². The molecule has 0 unspecified atom stereocenters. The summed E-state index contributed by atoms with van der Waals surface area (Å²) in [6.45, 7) is 0. The highest BCUT2D eigenvalue weighted by molar-refractivity contribution is 5.63. The van der Waals surface area contributed by atoms with Crippen LogP contribution in [0.25, 0.3) is 22.8 Å². The lowest BCUT2D eigenvalue weighted by Gasteiger charge is -2.08. The quantitative estimate of drug-likeness (QED) is 0.683. The summed E-state index contributed by atoms with van der Waals surface area (Å²) in [5.74, 6) is -1.52. The number of hydrogen-bond acceptors (Lipinski definition) is 3. The highest BCUT2D eigenvalue weighted by Crippen LogP contribution is 2.31. The average molecular weight is 358 g/mol. The molecule has 0 aliphatic carbocycles. The minimum atomic E-state index is -4.69. The lowest BCUT2D eigenvalue weighted by molar-refractivity contribution is -0.144. The summed E-state index contributed by atoms with van der Waals surface area (Å²) in [6.07, 6.45) is -9.15. The molecule has 2 heterocycles. The van der Waals surface area contributed by atoms with Crippen LogP contribution in [0.3, 0.4) is 0 Å². The predicted molar refractivity (Wildman–Crippen MR) is 75.1 cm³/mol. The van der Waals surface area contributed by atoms with Gasteiger partial charge in [0.15, 0.2) is 5.82 Å². The molecule has 0 fully saturated rings. The van der Waals surface area contributed by atoms with Crippen molar-refractivity contribution in [3.05, 3.63) is 53.9 Å². The van der Waals surface area contributed by atoms with Crippen molar-refractivity contribution >= 4 is 0 Å². The Bertz CT molecular complexity index is 880. The number of nitrogens with zero attached hydrogens (tertiary/aromatic N) is 3. The molecule has 130 valence electrons. The fourth-order valence-electron chi connectivity index (χ4n) is 2.06. The number of nitrogens with one attached hydrogen (secondary N) is 1. The van der Waals surface area contributed by atoms with Crippen LogP contribution in [0.5, 0.6) is 0 Å². The first-order chi connectivity index (χ1) is 11.6. The maximum atomic E-state index is 12.6. The first-order valence-corrected chi connectivity index (χ1v) is 6.79. The normalized spacial score (nSPS) is 12.4. The Morgan fingerprint density at radius 2 is 1.36 bits per heavy atom. The van der Waals surface area contributed by atoms with Gasteiger partial charge in [-0.1, -0.05) is 18.2 Å². The van der Waals surface area contributed by atoms with Gasteiger partial charge < -0.3 is 0 Å². The van der Waals surface area contributed by atoms with Crippen LogP contribution in [-0.4, -0.2) is 20.2 Å². The van der Waals surface area contributed by atoms with E-state index in [1.807, 2.05) is 0 Å². The Morgan fingerprint density at radius 1 is 0.720 bits per heavy atom. The van der Waals surface area contributed by atoms with Gasteiger partial charge in [0.2, 0.25) is 0 Å². The SMILES string of the molecule is FC(F)(F)c1ccc(-c2cccc(-c3nc(C(F)(F)F)n[nH]3)n2)cc1. The average Bonchev–Trinajstić information content (AvgIpc) is 3.05. The molecule has 4 nitrogen and oxygen atoms in total. The van der Waals surface area contributed by atoms with E-state index in [4.69, 9.17) is 0 Å². The Kier molecular flexibility index (Phi) is 3.97. The van der Waals surface area contributed by atoms with Crippen LogP contribution in [0.15, 0.2) is 42.5 Å². The Hall–Kier alpha value is -2.91. The molecule has 0 spiro atoms. The van der Waals surface area contributed by atoms with Gasteiger partial charge in [-0.15, -0.1) is 5.10 Å². The fraction of sp³-hybridized carbons (Fsp3) is 0.133. The first kappa shape index (κ1) is 16.9. The van der Waals surface area contributed by atoms with Gasteiger partial charge in [0, 0.05) is 5.56 Å².